The molecule has 2 aromatic carbocycles. The summed E-state index contributed by atoms with van der Waals surface area (Å²) in [6.45, 7) is 0.458. The molecule has 3 rings (SSSR count). The van der Waals surface area contributed by atoms with Crippen LogP contribution in [0, 0.1) is 0 Å². The predicted octanol–water partition coefficient (Wildman–Crippen LogP) is 3.46. The van der Waals surface area contributed by atoms with E-state index in [-0.39, 0.29) is 11.8 Å². The molecule has 1 aromatic heterocycles. The molecule has 0 aliphatic carbocycles. The lowest BCUT2D eigenvalue weighted by Gasteiger charge is -2.18. The summed E-state index contributed by atoms with van der Waals surface area (Å²) in [5.41, 5.74) is 2.02. The van der Waals surface area contributed by atoms with Crippen molar-refractivity contribution in [3.63, 3.8) is 0 Å². The number of para-hydroxylation sites is 1. The molecular formula is C23H24N2O3S. The lowest BCUT2D eigenvalue weighted by Crippen LogP contribution is -2.48. The Balaban J connectivity index is 1.64. The Morgan fingerprint density at radius 1 is 1.00 bits per heavy atom. The predicted molar refractivity (Wildman–Crippen MR) is 115 cm³/mol. The largest absolute Gasteiger partial charge is 0.496 e. The summed E-state index contributed by atoms with van der Waals surface area (Å²) in [4.78, 5) is 25.9. The van der Waals surface area contributed by atoms with Crippen molar-refractivity contribution in [2.24, 2.45) is 0 Å². The van der Waals surface area contributed by atoms with Crippen molar-refractivity contribution in [2.75, 3.05) is 13.7 Å². The van der Waals surface area contributed by atoms with Crippen LogP contribution in [0.5, 0.6) is 5.75 Å². The van der Waals surface area contributed by atoms with Crippen molar-refractivity contribution in [1.29, 1.82) is 0 Å². The van der Waals surface area contributed by atoms with Gasteiger partial charge in [0, 0.05) is 13.0 Å². The first-order chi connectivity index (χ1) is 14.2. The lowest BCUT2D eigenvalue weighted by molar-refractivity contribution is -0.122. The lowest BCUT2D eigenvalue weighted by atomic mass is 10.0. The molecule has 0 saturated carbocycles. The number of nitrogens with one attached hydrogen (secondary N) is 2. The van der Waals surface area contributed by atoms with Crippen LogP contribution in [0.3, 0.4) is 0 Å². The van der Waals surface area contributed by atoms with Crippen molar-refractivity contribution < 1.29 is 14.3 Å². The number of hydrogen-bond donors (Lipinski definition) is 2. The molecule has 150 valence electrons. The van der Waals surface area contributed by atoms with E-state index in [1.54, 1.807) is 13.2 Å². The highest BCUT2D eigenvalue weighted by Crippen LogP contribution is 2.17. The zero-order valence-corrected chi connectivity index (χ0v) is 17.1. The first-order valence-corrected chi connectivity index (χ1v) is 10.3. The molecule has 0 saturated heterocycles. The molecule has 6 heteroatoms. The Hall–Kier alpha value is -3.12. The average Bonchev–Trinajstić information content (AvgIpc) is 3.29. The number of rotatable bonds is 9. The highest BCUT2D eigenvalue weighted by Gasteiger charge is 2.22. The van der Waals surface area contributed by atoms with Crippen LogP contribution in [0.1, 0.15) is 20.8 Å². The van der Waals surface area contributed by atoms with Gasteiger partial charge in [-0.15, -0.1) is 11.3 Å². The quantitative estimate of drug-likeness (QED) is 0.570. The SMILES string of the molecule is COc1ccccc1CCNC(=O)C(Cc1ccccc1)NC(=O)c1cccs1. The summed E-state index contributed by atoms with van der Waals surface area (Å²) < 4.78 is 5.35. The molecule has 2 N–H and O–H groups in total. The van der Waals surface area contributed by atoms with Crippen LogP contribution >= 0.6 is 11.3 Å². The van der Waals surface area contributed by atoms with E-state index in [9.17, 15) is 9.59 Å². The van der Waals surface area contributed by atoms with E-state index < -0.39 is 6.04 Å². The van der Waals surface area contributed by atoms with Gasteiger partial charge in [-0.3, -0.25) is 9.59 Å². The van der Waals surface area contributed by atoms with Crippen molar-refractivity contribution in [2.45, 2.75) is 18.9 Å². The van der Waals surface area contributed by atoms with E-state index in [0.29, 0.717) is 24.3 Å². The second kappa shape index (κ2) is 10.4. The fourth-order valence-electron chi connectivity index (χ4n) is 3.05. The van der Waals surface area contributed by atoms with Gasteiger partial charge in [0.1, 0.15) is 11.8 Å². The molecule has 1 heterocycles. The normalized spacial score (nSPS) is 11.5. The second-order valence-corrected chi connectivity index (χ2v) is 7.49. The summed E-state index contributed by atoms with van der Waals surface area (Å²) in [6.07, 6.45) is 1.07. The van der Waals surface area contributed by atoms with Crippen LogP contribution < -0.4 is 15.4 Å². The number of hydrogen-bond acceptors (Lipinski definition) is 4. The Kier molecular flexibility index (Phi) is 7.41. The van der Waals surface area contributed by atoms with Gasteiger partial charge < -0.3 is 15.4 Å². The third kappa shape index (κ3) is 5.93. The molecule has 29 heavy (non-hydrogen) atoms. The van der Waals surface area contributed by atoms with E-state index in [0.717, 1.165) is 16.9 Å². The maximum atomic E-state index is 12.8. The Bertz CT molecular complexity index is 926. The highest BCUT2D eigenvalue weighted by molar-refractivity contribution is 7.12. The molecule has 0 aliphatic heterocycles. The molecule has 0 fully saturated rings. The number of benzene rings is 2. The van der Waals surface area contributed by atoms with Gasteiger partial charge in [0.15, 0.2) is 0 Å². The summed E-state index contributed by atoms with van der Waals surface area (Å²) in [5.74, 6) is 0.364. The zero-order chi connectivity index (χ0) is 20.5. The zero-order valence-electron chi connectivity index (χ0n) is 16.3. The monoisotopic (exact) mass is 408 g/mol. The topological polar surface area (TPSA) is 67.4 Å². The first kappa shape index (κ1) is 20.6. The molecule has 1 atom stereocenters. The summed E-state index contributed by atoms with van der Waals surface area (Å²) >= 11 is 1.35. The summed E-state index contributed by atoms with van der Waals surface area (Å²) in [5, 5.41) is 7.66. The second-order valence-electron chi connectivity index (χ2n) is 6.55. The van der Waals surface area contributed by atoms with Gasteiger partial charge in [0.05, 0.1) is 12.0 Å². The molecule has 1 unspecified atom stereocenters. The number of thiophene rings is 1. The van der Waals surface area contributed by atoms with Crippen LogP contribution in [0.25, 0.3) is 0 Å². The van der Waals surface area contributed by atoms with Gasteiger partial charge >= 0.3 is 0 Å². The maximum Gasteiger partial charge on any atom is 0.262 e. The van der Waals surface area contributed by atoms with Crippen LogP contribution in [0.2, 0.25) is 0 Å². The molecule has 3 aromatic rings. The minimum absolute atomic E-state index is 0.200. The van der Waals surface area contributed by atoms with Crippen LogP contribution in [-0.2, 0) is 17.6 Å². The van der Waals surface area contributed by atoms with E-state index in [1.165, 1.54) is 11.3 Å². The van der Waals surface area contributed by atoms with Crippen molar-refractivity contribution >= 4 is 23.2 Å². The first-order valence-electron chi connectivity index (χ1n) is 9.45. The van der Waals surface area contributed by atoms with Gasteiger partial charge in [-0.2, -0.15) is 0 Å². The number of carbonyl (C=O) groups excluding carboxylic acids is 2. The molecule has 0 bridgehead atoms. The molecule has 0 aliphatic rings. The van der Waals surface area contributed by atoms with Gasteiger partial charge in [-0.05, 0) is 35.1 Å². The maximum absolute atomic E-state index is 12.8. The Labute approximate surface area is 174 Å². The summed E-state index contributed by atoms with van der Waals surface area (Å²) in [7, 11) is 1.63. The van der Waals surface area contributed by atoms with E-state index in [4.69, 9.17) is 4.74 Å². The molecule has 0 spiro atoms. The van der Waals surface area contributed by atoms with Gasteiger partial charge in [0.25, 0.3) is 5.91 Å². The van der Waals surface area contributed by atoms with Crippen molar-refractivity contribution in [3.05, 3.63) is 88.1 Å². The van der Waals surface area contributed by atoms with Crippen LogP contribution in [-0.4, -0.2) is 31.5 Å². The molecule has 5 nitrogen and oxygen atoms in total. The fraction of sp³-hybridized carbons (Fsp3) is 0.217. The minimum Gasteiger partial charge on any atom is -0.496 e. The van der Waals surface area contributed by atoms with Crippen molar-refractivity contribution in [3.8, 4) is 5.75 Å². The number of methoxy groups -OCH3 is 1. The Morgan fingerprint density at radius 2 is 1.76 bits per heavy atom. The third-order valence-electron chi connectivity index (χ3n) is 4.54. The van der Waals surface area contributed by atoms with E-state index >= 15 is 0 Å². The number of ether oxygens (including phenoxy) is 1. The van der Waals surface area contributed by atoms with Gasteiger partial charge in [-0.1, -0.05) is 54.6 Å². The van der Waals surface area contributed by atoms with Crippen LogP contribution in [0.15, 0.2) is 72.1 Å². The smallest absolute Gasteiger partial charge is 0.262 e. The number of amides is 2. The van der Waals surface area contributed by atoms with E-state index in [2.05, 4.69) is 10.6 Å². The summed E-state index contributed by atoms with van der Waals surface area (Å²) in [6, 6.07) is 20.3. The molecule has 2 amide bonds. The van der Waals surface area contributed by atoms with E-state index in [1.807, 2.05) is 66.0 Å². The molecular weight excluding hydrogens is 384 g/mol. The van der Waals surface area contributed by atoms with Gasteiger partial charge in [0.2, 0.25) is 5.91 Å². The fourth-order valence-corrected chi connectivity index (χ4v) is 3.68. The third-order valence-corrected chi connectivity index (χ3v) is 5.40. The number of carbonyl (C=O) groups is 2. The van der Waals surface area contributed by atoms with Gasteiger partial charge in [-0.25, -0.2) is 0 Å². The van der Waals surface area contributed by atoms with Crippen molar-refractivity contribution in [1.82, 2.24) is 10.6 Å². The Morgan fingerprint density at radius 3 is 2.48 bits per heavy atom. The average molecular weight is 409 g/mol. The van der Waals surface area contributed by atoms with Crippen LogP contribution in [0.4, 0.5) is 0 Å². The highest BCUT2D eigenvalue weighted by atomic mass is 32.1. The minimum atomic E-state index is -0.648. The standard InChI is InChI=1S/C23H24N2O3S/c1-28-20-11-6-5-10-18(20)13-14-24-22(26)19(16-17-8-3-2-4-9-17)25-23(27)21-12-7-15-29-21/h2-12,15,19H,13-14,16H2,1H3,(H,24,26)(H,25,27). The molecule has 0 radical (unpaired) electrons.